The minimum atomic E-state index is -0.281. The monoisotopic (exact) mass is 263 g/mol. The number of halogens is 1. The van der Waals surface area contributed by atoms with Crippen molar-refractivity contribution >= 4 is 5.96 Å². The van der Waals surface area contributed by atoms with Gasteiger partial charge in [0.25, 0.3) is 0 Å². The maximum absolute atomic E-state index is 12.7. The van der Waals surface area contributed by atoms with Gasteiger partial charge in [0, 0.05) is 7.05 Å². The van der Waals surface area contributed by atoms with E-state index in [9.17, 15) is 4.39 Å². The van der Waals surface area contributed by atoms with Gasteiger partial charge in [-0.2, -0.15) is 0 Å². The van der Waals surface area contributed by atoms with Gasteiger partial charge in [-0.05, 0) is 31.2 Å². The molecule has 0 saturated carbocycles. The first-order valence-electron chi connectivity index (χ1n) is 5.96. The van der Waals surface area contributed by atoms with E-state index < -0.39 is 0 Å². The summed E-state index contributed by atoms with van der Waals surface area (Å²) in [5.41, 5.74) is 0. The van der Waals surface area contributed by atoms with Gasteiger partial charge in [-0.15, -0.1) is 6.42 Å². The van der Waals surface area contributed by atoms with Gasteiger partial charge in [0.1, 0.15) is 17.7 Å². The van der Waals surface area contributed by atoms with Crippen LogP contribution in [0.5, 0.6) is 5.75 Å². The van der Waals surface area contributed by atoms with Crippen molar-refractivity contribution in [2.45, 2.75) is 13.0 Å². The van der Waals surface area contributed by atoms with Gasteiger partial charge in [-0.25, -0.2) is 4.39 Å². The van der Waals surface area contributed by atoms with E-state index >= 15 is 0 Å². The molecule has 1 rings (SSSR count). The molecule has 1 unspecified atom stereocenters. The summed E-state index contributed by atoms with van der Waals surface area (Å²) in [6.07, 6.45) is 5.06. The summed E-state index contributed by atoms with van der Waals surface area (Å²) in [4.78, 5) is 4.01. The second kappa shape index (κ2) is 7.98. The average Bonchev–Trinajstić information content (AvgIpc) is 2.42. The molecule has 0 fully saturated rings. The highest BCUT2D eigenvalue weighted by atomic mass is 19.1. The van der Waals surface area contributed by atoms with Crippen molar-refractivity contribution in [3.63, 3.8) is 0 Å². The van der Waals surface area contributed by atoms with Gasteiger partial charge in [0.05, 0.1) is 13.1 Å². The van der Waals surface area contributed by atoms with Crippen LogP contribution in [0, 0.1) is 18.2 Å². The molecule has 4 nitrogen and oxygen atoms in total. The molecule has 1 aromatic carbocycles. The number of ether oxygens (including phenoxy) is 1. The Morgan fingerprint density at radius 2 is 2.11 bits per heavy atom. The number of aliphatic imine (C=N–C) groups is 1. The Kier molecular flexibility index (Phi) is 6.23. The van der Waals surface area contributed by atoms with E-state index in [0.717, 1.165) is 0 Å². The highest BCUT2D eigenvalue weighted by molar-refractivity contribution is 5.79. The predicted octanol–water partition coefficient (Wildman–Crippen LogP) is 1.39. The maximum atomic E-state index is 12.7. The Bertz CT molecular complexity index is 451. The molecule has 19 heavy (non-hydrogen) atoms. The molecule has 5 heteroatoms. The van der Waals surface area contributed by atoms with Crippen LogP contribution in [0.1, 0.15) is 6.92 Å². The minimum absolute atomic E-state index is 0.0881. The lowest BCUT2D eigenvalue weighted by Gasteiger charge is -2.17. The second-order valence-electron chi connectivity index (χ2n) is 3.89. The van der Waals surface area contributed by atoms with E-state index in [-0.39, 0.29) is 11.9 Å². The van der Waals surface area contributed by atoms with Gasteiger partial charge < -0.3 is 15.4 Å². The topological polar surface area (TPSA) is 45.7 Å². The summed E-state index contributed by atoms with van der Waals surface area (Å²) in [6.45, 7) is 2.87. The quantitative estimate of drug-likeness (QED) is 0.479. The molecule has 0 aliphatic rings. The summed E-state index contributed by atoms with van der Waals surface area (Å²) in [6, 6.07) is 5.92. The molecule has 2 N–H and O–H groups in total. The van der Waals surface area contributed by atoms with Crippen LogP contribution in [0.4, 0.5) is 4.39 Å². The smallest absolute Gasteiger partial charge is 0.191 e. The predicted molar refractivity (Wildman–Crippen MR) is 74.7 cm³/mol. The standard InChI is InChI=1S/C14H18FN3O/c1-4-9-17-14(16-3)18-10-11(2)19-13-7-5-12(15)6-8-13/h1,5-8,11H,9-10H2,2-3H3,(H2,16,17,18). The lowest BCUT2D eigenvalue weighted by atomic mass is 10.3. The zero-order chi connectivity index (χ0) is 14.1. The molecule has 0 aromatic heterocycles. The van der Waals surface area contributed by atoms with Gasteiger partial charge in [-0.1, -0.05) is 5.92 Å². The molecule has 102 valence electrons. The van der Waals surface area contributed by atoms with Crippen molar-refractivity contribution in [2.75, 3.05) is 20.1 Å². The van der Waals surface area contributed by atoms with Crippen LogP contribution in [0.2, 0.25) is 0 Å². The maximum Gasteiger partial charge on any atom is 0.191 e. The van der Waals surface area contributed by atoms with Gasteiger partial charge in [-0.3, -0.25) is 4.99 Å². The summed E-state index contributed by atoms with van der Waals surface area (Å²) in [5, 5.41) is 6.02. The SMILES string of the molecule is C#CCNC(=NC)NCC(C)Oc1ccc(F)cc1. The molecule has 0 radical (unpaired) electrons. The first-order valence-corrected chi connectivity index (χ1v) is 5.96. The third-order valence-electron chi connectivity index (χ3n) is 2.29. The average molecular weight is 263 g/mol. The second-order valence-corrected chi connectivity index (χ2v) is 3.89. The van der Waals surface area contributed by atoms with Crippen molar-refractivity contribution in [3.8, 4) is 18.1 Å². The van der Waals surface area contributed by atoms with Gasteiger partial charge >= 0.3 is 0 Å². The van der Waals surface area contributed by atoms with E-state index in [1.54, 1.807) is 19.2 Å². The Balaban J connectivity index is 2.37. The number of nitrogens with zero attached hydrogens (tertiary/aromatic N) is 1. The number of hydrogen-bond donors (Lipinski definition) is 2. The number of guanidine groups is 1. The van der Waals surface area contributed by atoms with Crippen LogP contribution < -0.4 is 15.4 Å². The summed E-state index contributed by atoms with van der Waals surface area (Å²) in [7, 11) is 1.66. The lowest BCUT2D eigenvalue weighted by molar-refractivity contribution is 0.223. The van der Waals surface area contributed by atoms with Crippen LogP contribution in [-0.2, 0) is 0 Å². The summed E-state index contributed by atoms with van der Waals surface area (Å²) >= 11 is 0. The molecule has 0 bridgehead atoms. The van der Waals surface area contributed by atoms with Crippen LogP contribution in [-0.4, -0.2) is 32.2 Å². The molecular weight excluding hydrogens is 245 g/mol. The Morgan fingerprint density at radius 3 is 2.68 bits per heavy atom. The van der Waals surface area contributed by atoms with E-state index in [4.69, 9.17) is 11.2 Å². The molecule has 0 amide bonds. The van der Waals surface area contributed by atoms with Crippen molar-refractivity contribution < 1.29 is 9.13 Å². The van der Waals surface area contributed by atoms with E-state index in [0.29, 0.717) is 24.8 Å². The van der Waals surface area contributed by atoms with Crippen LogP contribution >= 0.6 is 0 Å². The zero-order valence-corrected chi connectivity index (χ0v) is 11.1. The van der Waals surface area contributed by atoms with Crippen LogP contribution in [0.25, 0.3) is 0 Å². The largest absolute Gasteiger partial charge is 0.489 e. The fourth-order valence-corrected chi connectivity index (χ4v) is 1.38. The number of rotatable bonds is 5. The fourth-order valence-electron chi connectivity index (χ4n) is 1.38. The fraction of sp³-hybridized carbons (Fsp3) is 0.357. The number of hydrogen-bond acceptors (Lipinski definition) is 2. The summed E-state index contributed by atoms with van der Waals surface area (Å²) in [5.74, 6) is 3.43. The summed E-state index contributed by atoms with van der Waals surface area (Å²) < 4.78 is 18.4. The first kappa shape index (κ1) is 14.8. The first-order chi connectivity index (χ1) is 9.15. The third-order valence-corrected chi connectivity index (χ3v) is 2.29. The molecular formula is C14H18FN3O. The minimum Gasteiger partial charge on any atom is -0.489 e. The molecule has 1 atom stereocenters. The number of nitrogens with one attached hydrogen (secondary N) is 2. The lowest BCUT2D eigenvalue weighted by Crippen LogP contribution is -2.41. The Hall–Kier alpha value is -2.22. The van der Waals surface area contributed by atoms with Crippen molar-refractivity contribution in [3.05, 3.63) is 30.1 Å². The molecule has 0 aliphatic heterocycles. The normalized spacial score (nSPS) is 12.4. The Labute approximate surface area is 113 Å². The van der Waals surface area contributed by atoms with Gasteiger partial charge in [0.15, 0.2) is 5.96 Å². The van der Waals surface area contributed by atoms with Crippen molar-refractivity contribution in [2.24, 2.45) is 4.99 Å². The number of benzene rings is 1. The highest BCUT2D eigenvalue weighted by Gasteiger charge is 2.05. The molecule has 1 aromatic rings. The van der Waals surface area contributed by atoms with E-state index in [2.05, 4.69) is 21.5 Å². The van der Waals surface area contributed by atoms with E-state index in [1.807, 2.05) is 6.92 Å². The van der Waals surface area contributed by atoms with Crippen LogP contribution in [0.15, 0.2) is 29.3 Å². The molecule has 0 spiro atoms. The van der Waals surface area contributed by atoms with Crippen molar-refractivity contribution in [1.29, 1.82) is 0 Å². The highest BCUT2D eigenvalue weighted by Crippen LogP contribution is 2.12. The van der Waals surface area contributed by atoms with Gasteiger partial charge in [0.2, 0.25) is 0 Å². The zero-order valence-electron chi connectivity index (χ0n) is 11.1. The molecule has 0 aliphatic carbocycles. The van der Waals surface area contributed by atoms with E-state index in [1.165, 1.54) is 12.1 Å². The Morgan fingerprint density at radius 1 is 1.42 bits per heavy atom. The molecule has 0 heterocycles. The van der Waals surface area contributed by atoms with Crippen molar-refractivity contribution in [1.82, 2.24) is 10.6 Å². The molecule has 0 saturated heterocycles. The third kappa shape index (κ3) is 5.77. The number of terminal acetylenes is 1. The van der Waals surface area contributed by atoms with Crippen LogP contribution in [0.3, 0.4) is 0 Å².